The summed E-state index contributed by atoms with van der Waals surface area (Å²) < 4.78 is 5.61. The third-order valence-corrected chi connectivity index (χ3v) is 5.42. The molecule has 1 aliphatic carbocycles. The van der Waals surface area contributed by atoms with E-state index in [1.165, 1.54) is 5.56 Å². The lowest BCUT2D eigenvalue weighted by molar-refractivity contribution is -0.124. The molecule has 1 aliphatic rings. The second-order valence-corrected chi connectivity index (χ2v) is 8.90. The van der Waals surface area contributed by atoms with Gasteiger partial charge in [0, 0.05) is 6.54 Å². The van der Waals surface area contributed by atoms with E-state index < -0.39 is 11.5 Å². The van der Waals surface area contributed by atoms with E-state index in [0.29, 0.717) is 0 Å². The maximum absolute atomic E-state index is 12.8. The largest absolute Gasteiger partial charge is 0.491 e. The Balaban J connectivity index is 1.52. The smallest absolute Gasteiger partial charge is 0.230 e. The van der Waals surface area contributed by atoms with Gasteiger partial charge in [-0.25, -0.2) is 0 Å². The van der Waals surface area contributed by atoms with Crippen molar-refractivity contribution in [3.05, 3.63) is 65.2 Å². The Morgan fingerprint density at radius 1 is 1.18 bits per heavy atom. The average Bonchev–Trinajstić information content (AvgIpc) is 3.46. The Morgan fingerprint density at radius 2 is 1.86 bits per heavy atom. The molecule has 0 heterocycles. The number of carbonyl (C=O) groups is 1. The molecule has 0 bridgehead atoms. The normalized spacial score (nSPS) is 16.3. The zero-order valence-electron chi connectivity index (χ0n) is 17.3. The van der Waals surface area contributed by atoms with Crippen molar-refractivity contribution in [1.29, 1.82) is 0 Å². The van der Waals surface area contributed by atoms with Gasteiger partial charge in [-0.2, -0.15) is 0 Å². The quantitative estimate of drug-likeness (QED) is 0.765. The van der Waals surface area contributed by atoms with Gasteiger partial charge < -0.3 is 15.2 Å². The van der Waals surface area contributed by atoms with E-state index in [9.17, 15) is 9.90 Å². The standard InChI is InChI=1S/C24H31NO3/c1-17-6-5-7-21(14-17)28-16-20(26)15-25-22(27)24(12-13-24)19-10-8-18(9-11-19)23(2,3)4/h5-11,14,20,26H,12-13,15-16H2,1-4H3,(H,25,27). The van der Waals surface area contributed by atoms with Crippen LogP contribution in [0.15, 0.2) is 48.5 Å². The van der Waals surface area contributed by atoms with Crippen LogP contribution in [0, 0.1) is 6.92 Å². The maximum atomic E-state index is 12.8. The minimum Gasteiger partial charge on any atom is -0.491 e. The molecule has 0 aromatic heterocycles. The third-order valence-electron chi connectivity index (χ3n) is 5.42. The first kappa shape index (κ1) is 20.4. The molecule has 1 saturated carbocycles. The van der Waals surface area contributed by atoms with Crippen LogP contribution in [0.5, 0.6) is 5.75 Å². The highest BCUT2D eigenvalue weighted by molar-refractivity contribution is 5.91. The zero-order valence-corrected chi connectivity index (χ0v) is 17.3. The summed E-state index contributed by atoms with van der Waals surface area (Å²) in [5, 5.41) is 13.1. The van der Waals surface area contributed by atoms with Gasteiger partial charge in [0.2, 0.25) is 5.91 Å². The van der Waals surface area contributed by atoms with Crippen molar-refractivity contribution in [2.75, 3.05) is 13.2 Å². The Labute approximate surface area is 167 Å². The first-order valence-electron chi connectivity index (χ1n) is 9.98. The molecule has 1 fully saturated rings. The first-order chi connectivity index (χ1) is 13.2. The van der Waals surface area contributed by atoms with E-state index >= 15 is 0 Å². The van der Waals surface area contributed by atoms with Crippen LogP contribution in [-0.2, 0) is 15.6 Å². The first-order valence-corrected chi connectivity index (χ1v) is 9.98. The summed E-state index contributed by atoms with van der Waals surface area (Å²) in [6, 6.07) is 16.1. The number of nitrogens with one attached hydrogen (secondary N) is 1. The molecule has 0 radical (unpaired) electrons. The van der Waals surface area contributed by atoms with Gasteiger partial charge in [0.15, 0.2) is 0 Å². The van der Waals surface area contributed by atoms with Crippen LogP contribution in [0.4, 0.5) is 0 Å². The summed E-state index contributed by atoms with van der Waals surface area (Å²) in [6.07, 6.45) is 0.955. The number of aliphatic hydroxyl groups is 1. The summed E-state index contributed by atoms with van der Waals surface area (Å²) in [6.45, 7) is 8.88. The van der Waals surface area contributed by atoms with Crippen molar-refractivity contribution in [2.24, 2.45) is 0 Å². The molecule has 3 rings (SSSR count). The molecule has 28 heavy (non-hydrogen) atoms. The molecule has 4 heteroatoms. The van der Waals surface area contributed by atoms with Crippen molar-refractivity contribution in [2.45, 2.75) is 57.5 Å². The van der Waals surface area contributed by atoms with Gasteiger partial charge in [0.1, 0.15) is 18.5 Å². The lowest BCUT2D eigenvalue weighted by Crippen LogP contribution is -2.40. The molecule has 0 spiro atoms. The lowest BCUT2D eigenvalue weighted by atomic mass is 9.85. The predicted octanol–water partition coefficient (Wildman–Crippen LogP) is 3.88. The summed E-state index contributed by atoms with van der Waals surface area (Å²) in [7, 11) is 0. The second kappa shape index (κ2) is 7.96. The number of hydrogen-bond acceptors (Lipinski definition) is 3. The van der Waals surface area contributed by atoms with Crippen LogP contribution in [-0.4, -0.2) is 30.3 Å². The van der Waals surface area contributed by atoms with Crippen molar-refractivity contribution in [1.82, 2.24) is 5.32 Å². The van der Waals surface area contributed by atoms with Crippen molar-refractivity contribution >= 4 is 5.91 Å². The highest BCUT2D eigenvalue weighted by Crippen LogP contribution is 2.48. The molecular weight excluding hydrogens is 350 g/mol. The molecule has 2 aromatic rings. The number of aryl methyl sites for hydroxylation is 1. The van der Waals surface area contributed by atoms with E-state index in [2.05, 4.69) is 50.4 Å². The second-order valence-electron chi connectivity index (χ2n) is 8.90. The molecule has 150 valence electrons. The van der Waals surface area contributed by atoms with E-state index in [1.54, 1.807) is 0 Å². The van der Waals surface area contributed by atoms with Gasteiger partial charge >= 0.3 is 0 Å². The molecule has 0 saturated heterocycles. The van der Waals surface area contributed by atoms with Crippen molar-refractivity contribution in [3.63, 3.8) is 0 Å². The Kier molecular flexibility index (Phi) is 5.80. The van der Waals surface area contributed by atoms with E-state index in [-0.39, 0.29) is 24.5 Å². The summed E-state index contributed by atoms with van der Waals surface area (Å²) in [4.78, 5) is 12.8. The number of ether oxygens (including phenoxy) is 1. The minimum atomic E-state index is -0.747. The number of amides is 1. The third kappa shape index (κ3) is 4.74. The van der Waals surface area contributed by atoms with Gasteiger partial charge in [0.25, 0.3) is 0 Å². The SMILES string of the molecule is Cc1cccc(OCC(O)CNC(=O)C2(c3ccc(C(C)(C)C)cc3)CC2)c1. The Morgan fingerprint density at radius 3 is 2.43 bits per heavy atom. The topological polar surface area (TPSA) is 58.6 Å². The summed E-state index contributed by atoms with van der Waals surface area (Å²) in [5.41, 5.74) is 3.08. The molecular formula is C24H31NO3. The monoisotopic (exact) mass is 381 g/mol. The van der Waals surface area contributed by atoms with E-state index in [4.69, 9.17) is 4.74 Å². The number of carbonyl (C=O) groups excluding carboxylic acids is 1. The number of rotatable bonds is 7. The molecule has 1 amide bonds. The van der Waals surface area contributed by atoms with Crippen LogP contribution in [0.3, 0.4) is 0 Å². The van der Waals surface area contributed by atoms with Gasteiger partial charge in [-0.15, -0.1) is 0 Å². The Bertz CT molecular complexity index is 816. The van der Waals surface area contributed by atoms with Crippen molar-refractivity contribution in [3.8, 4) is 5.75 Å². The fourth-order valence-electron chi connectivity index (χ4n) is 3.40. The van der Waals surface area contributed by atoms with Gasteiger partial charge in [-0.1, -0.05) is 57.2 Å². The number of hydrogen-bond donors (Lipinski definition) is 2. The highest BCUT2D eigenvalue weighted by atomic mass is 16.5. The van der Waals surface area contributed by atoms with Crippen LogP contribution >= 0.6 is 0 Å². The molecule has 1 unspecified atom stereocenters. The lowest BCUT2D eigenvalue weighted by Gasteiger charge is -2.21. The predicted molar refractivity (Wildman–Crippen MR) is 112 cm³/mol. The fourth-order valence-corrected chi connectivity index (χ4v) is 3.40. The van der Waals surface area contributed by atoms with Crippen molar-refractivity contribution < 1.29 is 14.6 Å². The van der Waals surface area contributed by atoms with E-state index in [0.717, 1.165) is 29.7 Å². The van der Waals surface area contributed by atoms with Crippen LogP contribution in [0.2, 0.25) is 0 Å². The van der Waals surface area contributed by atoms with Gasteiger partial charge in [-0.05, 0) is 54.0 Å². The molecule has 0 aliphatic heterocycles. The van der Waals surface area contributed by atoms with Crippen LogP contribution in [0.1, 0.15) is 50.3 Å². The summed E-state index contributed by atoms with van der Waals surface area (Å²) in [5.74, 6) is 0.716. The zero-order chi connectivity index (χ0) is 20.4. The van der Waals surface area contributed by atoms with Gasteiger partial charge in [-0.3, -0.25) is 4.79 Å². The van der Waals surface area contributed by atoms with Crippen LogP contribution < -0.4 is 10.1 Å². The maximum Gasteiger partial charge on any atom is 0.230 e. The highest BCUT2D eigenvalue weighted by Gasteiger charge is 2.51. The fraction of sp³-hybridized carbons (Fsp3) is 0.458. The molecule has 4 nitrogen and oxygen atoms in total. The minimum absolute atomic E-state index is 0.00869. The molecule has 2 N–H and O–H groups in total. The number of benzene rings is 2. The summed E-state index contributed by atoms with van der Waals surface area (Å²) >= 11 is 0. The van der Waals surface area contributed by atoms with Gasteiger partial charge in [0.05, 0.1) is 5.41 Å². The average molecular weight is 382 g/mol. The molecule has 2 aromatic carbocycles. The van der Waals surface area contributed by atoms with E-state index in [1.807, 2.05) is 31.2 Å². The van der Waals surface area contributed by atoms with Crippen LogP contribution in [0.25, 0.3) is 0 Å². The number of aliphatic hydroxyl groups excluding tert-OH is 1. The molecule has 1 atom stereocenters. The Hall–Kier alpha value is -2.33.